The summed E-state index contributed by atoms with van der Waals surface area (Å²) in [6.45, 7) is 9.81. The van der Waals surface area contributed by atoms with Gasteiger partial charge >= 0.3 is 13.2 Å². The second-order valence-electron chi connectivity index (χ2n) is 6.34. The van der Waals surface area contributed by atoms with E-state index in [1.165, 1.54) is 0 Å². The molecular weight excluding hydrogens is 269 g/mol. The summed E-state index contributed by atoms with van der Waals surface area (Å²) in [6.07, 6.45) is -1.20. The summed E-state index contributed by atoms with van der Waals surface area (Å²) in [7, 11) is -0.435. The molecule has 1 fully saturated rings. The fourth-order valence-corrected chi connectivity index (χ4v) is 2.18. The second-order valence-corrected chi connectivity index (χ2v) is 6.34. The molecule has 1 heterocycles. The lowest BCUT2D eigenvalue weighted by molar-refractivity contribution is 0.00578. The van der Waals surface area contributed by atoms with E-state index < -0.39 is 19.3 Å². The summed E-state index contributed by atoms with van der Waals surface area (Å²) in [5.74, 6) is 0. The first-order chi connectivity index (χ1) is 9.62. The monoisotopic (exact) mass is 291 g/mol. The number of benzene rings is 1. The van der Waals surface area contributed by atoms with Crippen LogP contribution in [0.25, 0.3) is 0 Å². The van der Waals surface area contributed by atoms with Crippen molar-refractivity contribution in [2.45, 2.75) is 51.9 Å². The summed E-state index contributed by atoms with van der Waals surface area (Å²) < 4.78 is 17.0. The third kappa shape index (κ3) is 3.22. The molecule has 2 rings (SSSR count). The summed E-state index contributed by atoms with van der Waals surface area (Å²) >= 11 is 0. The van der Waals surface area contributed by atoms with Crippen LogP contribution in [0.5, 0.6) is 0 Å². The molecular formula is C15H22BNO4. The van der Waals surface area contributed by atoms with Gasteiger partial charge < -0.3 is 19.8 Å². The number of nitrogens with two attached hydrogens (primary N) is 1. The van der Waals surface area contributed by atoms with Crippen molar-refractivity contribution in [2.24, 2.45) is 5.73 Å². The van der Waals surface area contributed by atoms with Gasteiger partial charge in [-0.15, -0.1) is 0 Å². The molecule has 21 heavy (non-hydrogen) atoms. The highest BCUT2D eigenvalue weighted by atomic mass is 16.7. The average Bonchev–Trinajstić information content (AvgIpc) is 2.58. The molecule has 0 aromatic heterocycles. The molecule has 1 aromatic carbocycles. The Bertz CT molecular complexity index is 528. The quantitative estimate of drug-likeness (QED) is 0.866. The van der Waals surface area contributed by atoms with Crippen LogP contribution < -0.4 is 11.2 Å². The first-order valence-electron chi connectivity index (χ1n) is 7.04. The van der Waals surface area contributed by atoms with Crippen LogP contribution in [0.15, 0.2) is 24.3 Å². The number of rotatable bonds is 3. The van der Waals surface area contributed by atoms with Crippen LogP contribution in [-0.2, 0) is 14.0 Å². The molecule has 1 aliphatic rings. The van der Waals surface area contributed by atoms with Gasteiger partial charge in [-0.2, -0.15) is 0 Å². The molecule has 1 aliphatic heterocycles. The van der Waals surface area contributed by atoms with Gasteiger partial charge in [-0.1, -0.05) is 24.3 Å². The molecule has 2 N–H and O–H groups in total. The summed E-state index contributed by atoms with van der Waals surface area (Å²) in [6, 6.07) is 7.61. The zero-order valence-electron chi connectivity index (χ0n) is 13.2. The maximum Gasteiger partial charge on any atom is 0.494 e. The molecule has 1 atom stereocenters. The normalized spacial score (nSPS) is 21.1. The molecule has 1 amide bonds. The van der Waals surface area contributed by atoms with Crippen LogP contribution in [0.4, 0.5) is 4.79 Å². The van der Waals surface area contributed by atoms with E-state index in [1.54, 1.807) is 6.92 Å². The van der Waals surface area contributed by atoms with Crippen LogP contribution in [0.3, 0.4) is 0 Å². The molecule has 0 radical (unpaired) electrons. The highest BCUT2D eigenvalue weighted by Crippen LogP contribution is 2.36. The number of hydrogen-bond donors (Lipinski definition) is 1. The molecule has 0 aliphatic carbocycles. The number of primary amides is 1. The van der Waals surface area contributed by atoms with E-state index >= 15 is 0 Å². The lowest BCUT2D eigenvalue weighted by Gasteiger charge is -2.32. The number of amides is 1. The van der Waals surface area contributed by atoms with Gasteiger partial charge in [0.1, 0.15) is 6.10 Å². The van der Waals surface area contributed by atoms with E-state index in [1.807, 2.05) is 52.0 Å². The Morgan fingerprint density at radius 1 is 1.24 bits per heavy atom. The molecule has 1 saturated heterocycles. The minimum absolute atomic E-state index is 0.386. The zero-order valence-corrected chi connectivity index (χ0v) is 13.2. The van der Waals surface area contributed by atoms with E-state index in [0.29, 0.717) is 0 Å². The van der Waals surface area contributed by atoms with Gasteiger partial charge in [0.25, 0.3) is 0 Å². The van der Waals surface area contributed by atoms with Crippen LogP contribution in [0.1, 0.15) is 46.3 Å². The number of hydrogen-bond acceptors (Lipinski definition) is 4. The van der Waals surface area contributed by atoms with Gasteiger partial charge in [-0.25, -0.2) is 4.79 Å². The minimum atomic E-state index is -0.788. The maximum atomic E-state index is 10.8. The van der Waals surface area contributed by atoms with Gasteiger partial charge in [-0.05, 0) is 45.6 Å². The van der Waals surface area contributed by atoms with Gasteiger partial charge in [0.05, 0.1) is 11.2 Å². The van der Waals surface area contributed by atoms with E-state index in [0.717, 1.165) is 11.0 Å². The summed E-state index contributed by atoms with van der Waals surface area (Å²) in [5, 5.41) is 0. The van der Waals surface area contributed by atoms with Crippen molar-refractivity contribution in [3.05, 3.63) is 29.8 Å². The topological polar surface area (TPSA) is 70.8 Å². The fraction of sp³-hybridized carbons (Fsp3) is 0.533. The van der Waals surface area contributed by atoms with Gasteiger partial charge in [-0.3, -0.25) is 0 Å². The maximum absolute atomic E-state index is 10.8. The Hall–Kier alpha value is -1.53. The van der Waals surface area contributed by atoms with E-state index in [9.17, 15) is 4.79 Å². The Morgan fingerprint density at radius 2 is 1.81 bits per heavy atom. The highest BCUT2D eigenvalue weighted by Gasteiger charge is 2.51. The van der Waals surface area contributed by atoms with Crippen molar-refractivity contribution in [1.82, 2.24) is 0 Å². The molecule has 6 heteroatoms. The molecule has 1 aromatic rings. The lowest BCUT2D eigenvalue weighted by atomic mass is 9.78. The highest BCUT2D eigenvalue weighted by molar-refractivity contribution is 6.62. The predicted octanol–water partition coefficient (Wildman–Crippen LogP) is 2.14. The predicted molar refractivity (Wildman–Crippen MR) is 81.2 cm³/mol. The van der Waals surface area contributed by atoms with Crippen molar-refractivity contribution >= 4 is 18.7 Å². The molecule has 1 unspecified atom stereocenters. The molecule has 0 saturated carbocycles. The third-order valence-corrected chi connectivity index (χ3v) is 4.20. The lowest BCUT2D eigenvalue weighted by Crippen LogP contribution is -2.41. The van der Waals surface area contributed by atoms with E-state index in [4.69, 9.17) is 19.8 Å². The van der Waals surface area contributed by atoms with Crippen molar-refractivity contribution in [3.8, 4) is 0 Å². The van der Waals surface area contributed by atoms with Gasteiger partial charge in [0, 0.05) is 0 Å². The number of carbonyl (C=O) groups is 1. The van der Waals surface area contributed by atoms with Gasteiger partial charge in [0.15, 0.2) is 0 Å². The number of carbonyl (C=O) groups excluding carboxylic acids is 1. The smallest absolute Gasteiger partial charge is 0.442 e. The standard InChI is InChI=1S/C15H22BNO4/c1-10(19-13(17)18)11-7-6-8-12(9-11)16-20-14(2,3)15(4,5)21-16/h6-10H,1-5H3,(H2,17,18). The largest absolute Gasteiger partial charge is 0.494 e. The Morgan fingerprint density at radius 3 is 2.33 bits per heavy atom. The minimum Gasteiger partial charge on any atom is -0.442 e. The Balaban J connectivity index is 2.21. The van der Waals surface area contributed by atoms with Crippen LogP contribution in [-0.4, -0.2) is 24.4 Å². The third-order valence-electron chi connectivity index (χ3n) is 4.20. The van der Waals surface area contributed by atoms with Crippen LogP contribution in [0, 0.1) is 0 Å². The van der Waals surface area contributed by atoms with E-state index in [2.05, 4.69) is 0 Å². The zero-order chi connectivity index (χ0) is 15.8. The summed E-state index contributed by atoms with van der Waals surface area (Å²) in [5.41, 5.74) is 6.02. The first-order valence-corrected chi connectivity index (χ1v) is 7.04. The van der Waals surface area contributed by atoms with Crippen molar-refractivity contribution < 1.29 is 18.8 Å². The first kappa shape index (κ1) is 15.9. The Kier molecular flexibility index (Phi) is 4.04. The fourth-order valence-electron chi connectivity index (χ4n) is 2.18. The summed E-state index contributed by atoms with van der Waals surface area (Å²) in [4.78, 5) is 10.8. The van der Waals surface area contributed by atoms with Crippen molar-refractivity contribution in [1.29, 1.82) is 0 Å². The molecule has 5 nitrogen and oxygen atoms in total. The molecule has 114 valence electrons. The molecule has 0 bridgehead atoms. The average molecular weight is 291 g/mol. The number of ether oxygens (including phenoxy) is 1. The second kappa shape index (κ2) is 5.35. The van der Waals surface area contributed by atoms with Crippen molar-refractivity contribution in [3.63, 3.8) is 0 Å². The van der Waals surface area contributed by atoms with E-state index in [-0.39, 0.29) is 11.2 Å². The van der Waals surface area contributed by atoms with Crippen LogP contribution in [0.2, 0.25) is 0 Å². The Labute approximate surface area is 125 Å². The van der Waals surface area contributed by atoms with Crippen molar-refractivity contribution in [2.75, 3.05) is 0 Å². The SMILES string of the molecule is CC(OC(N)=O)c1cccc(B2OC(C)(C)C(C)(C)O2)c1. The van der Waals surface area contributed by atoms with Crippen LogP contribution >= 0.6 is 0 Å². The van der Waals surface area contributed by atoms with Gasteiger partial charge in [0.2, 0.25) is 0 Å². The molecule has 0 spiro atoms.